The average molecular weight is 440 g/mol. The number of sulfonamides is 1. The van der Waals surface area contributed by atoms with E-state index in [1.54, 1.807) is 24.3 Å². The van der Waals surface area contributed by atoms with Crippen LogP contribution in [0.2, 0.25) is 0 Å². The molecular weight excluding hydrogens is 420 g/mol. The molecule has 1 amide bonds. The molecule has 0 saturated carbocycles. The summed E-state index contributed by atoms with van der Waals surface area (Å²) in [6, 6.07) is 21.3. The molecule has 0 aromatic heterocycles. The Hall–Kier alpha value is -3.69. The van der Waals surface area contributed by atoms with Crippen LogP contribution >= 0.6 is 0 Å². The topological polar surface area (TPSA) is 111 Å². The quantitative estimate of drug-likeness (QED) is 0.521. The number of esters is 1. The third-order valence-electron chi connectivity index (χ3n) is 4.10. The van der Waals surface area contributed by atoms with Crippen molar-refractivity contribution in [3.05, 3.63) is 84.4 Å². The van der Waals surface area contributed by atoms with Gasteiger partial charge in [-0.15, -0.1) is 0 Å². The molecule has 0 heterocycles. The van der Waals surface area contributed by atoms with Crippen molar-refractivity contribution in [2.45, 2.75) is 4.90 Å². The first-order valence-corrected chi connectivity index (χ1v) is 10.7. The van der Waals surface area contributed by atoms with E-state index in [1.807, 2.05) is 30.3 Å². The predicted octanol–water partition coefficient (Wildman–Crippen LogP) is 3.18. The summed E-state index contributed by atoms with van der Waals surface area (Å²) in [6.07, 6.45) is 0. The fourth-order valence-corrected chi connectivity index (χ4v) is 3.33. The SMILES string of the molecule is CNS(=O)(=O)c1cccc(C(=O)OCC(=O)Nc2ccc(Oc3ccccc3)cc2)c1. The summed E-state index contributed by atoms with van der Waals surface area (Å²) in [4.78, 5) is 24.1. The van der Waals surface area contributed by atoms with Gasteiger partial charge in [-0.25, -0.2) is 17.9 Å². The van der Waals surface area contributed by atoms with Gasteiger partial charge in [0.2, 0.25) is 10.0 Å². The Bertz CT molecular complexity index is 1160. The smallest absolute Gasteiger partial charge is 0.338 e. The van der Waals surface area contributed by atoms with Crippen molar-refractivity contribution in [3.8, 4) is 11.5 Å². The third-order valence-corrected chi connectivity index (χ3v) is 5.51. The van der Waals surface area contributed by atoms with Gasteiger partial charge in [0.25, 0.3) is 5.91 Å². The van der Waals surface area contributed by atoms with Crippen molar-refractivity contribution in [1.82, 2.24) is 4.72 Å². The van der Waals surface area contributed by atoms with Crippen LogP contribution in [0, 0.1) is 0 Å². The molecule has 0 fully saturated rings. The molecule has 9 heteroatoms. The summed E-state index contributed by atoms with van der Waals surface area (Å²) in [6.45, 7) is -0.524. The second-order valence-corrected chi connectivity index (χ2v) is 8.19. The van der Waals surface area contributed by atoms with Crippen LogP contribution in [0.5, 0.6) is 11.5 Å². The molecule has 160 valence electrons. The molecule has 0 aliphatic carbocycles. The number of benzene rings is 3. The van der Waals surface area contributed by atoms with Crippen molar-refractivity contribution in [1.29, 1.82) is 0 Å². The van der Waals surface area contributed by atoms with Gasteiger partial charge in [0.05, 0.1) is 10.5 Å². The number of anilines is 1. The Morgan fingerprint density at radius 1 is 0.871 bits per heavy atom. The number of hydrogen-bond acceptors (Lipinski definition) is 6. The number of amides is 1. The van der Waals surface area contributed by atoms with Crippen molar-refractivity contribution in [3.63, 3.8) is 0 Å². The molecule has 0 unspecified atom stereocenters. The summed E-state index contributed by atoms with van der Waals surface area (Å²) < 4.78 is 36.5. The average Bonchev–Trinajstić information content (AvgIpc) is 2.79. The van der Waals surface area contributed by atoms with Crippen LogP contribution < -0.4 is 14.8 Å². The van der Waals surface area contributed by atoms with Crippen LogP contribution in [0.4, 0.5) is 5.69 Å². The zero-order valence-electron chi connectivity index (χ0n) is 16.6. The molecule has 0 spiro atoms. The normalized spacial score (nSPS) is 10.9. The largest absolute Gasteiger partial charge is 0.457 e. The molecule has 0 atom stereocenters. The molecule has 31 heavy (non-hydrogen) atoms. The third kappa shape index (κ3) is 6.14. The number of carbonyl (C=O) groups excluding carboxylic acids is 2. The van der Waals surface area contributed by atoms with E-state index in [9.17, 15) is 18.0 Å². The van der Waals surface area contributed by atoms with Crippen molar-refractivity contribution < 1.29 is 27.5 Å². The number of para-hydroxylation sites is 1. The van der Waals surface area contributed by atoms with Crippen LogP contribution in [-0.2, 0) is 19.6 Å². The number of carbonyl (C=O) groups is 2. The van der Waals surface area contributed by atoms with Crippen molar-refractivity contribution >= 4 is 27.6 Å². The van der Waals surface area contributed by atoms with Crippen LogP contribution in [0.15, 0.2) is 83.8 Å². The van der Waals surface area contributed by atoms with Crippen LogP contribution in [0.3, 0.4) is 0 Å². The summed E-state index contributed by atoms with van der Waals surface area (Å²) in [7, 11) is -2.43. The van der Waals surface area contributed by atoms with E-state index in [0.717, 1.165) is 0 Å². The molecule has 0 bridgehead atoms. The number of rotatable bonds is 8. The van der Waals surface area contributed by atoms with Gasteiger partial charge in [0.1, 0.15) is 11.5 Å². The van der Waals surface area contributed by atoms with Crippen LogP contribution in [0.1, 0.15) is 10.4 Å². The minimum atomic E-state index is -3.70. The fourth-order valence-electron chi connectivity index (χ4n) is 2.55. The summed E-state index contributed by atoms with van der Waals surface area (Å²) >= 11 is 0. The molecular formula is C22H20N2O6S. The lowest BCUT2D eigenvalue weighted by molar-refractivity contribution is -0.119. The lowest BCUT2D eigenvalue weighted by Gasteiger charge is -2.09. The lowest BCUT2D eigenvalue weighted by Crippen LogP contribution is -2.21. The second-order valence-electron chi connectivity index (χ2n) is 6.30. The molecule has 0 saturated heterocycles. The van der Waals surface area contributed by atoms with E-state index in [-0.39, 0.29) is 10.5 Å². The molecule has 8 nitrogen and oxygen atoms in total. The molecule has 2 N–H and O–H groups in total. The Balaban J connectivity index is 1.53. The molecule has 0 aliphatic heterocycles. The predicted molar refractivity (Wildman–Crippen MR) is 115 cm³/mol. The van der Waals surface area contributed by atoms with E-state index in [4.69, 9.17) is 9.47 Å². The van der Waals surface area contributed by atoms with E-state index < -0.39 is 28.5 Å². The van der Waals surface area contributed by atoms with Gasteiger partial charge in [-0.3, -0.25) is 4.79 Å². The van der Waals surface area contributed by atoms with Gasteiger partial charge in [-0.05, 0) is 61.6 Å². The number of nitrogens with one attached hydrogen (secondary N) is 2. The molecule has 3 aromatic carbocycles. The highest BCUT2D eigenvalue weighted by Gasteiger charge is 2.16. The van der Waals surface area contributed by atoms with Crippen molar-refractivity contribution in [2.75, 3.05) is 19.0 Å². The van der Waals surface area contributed by atoms with Crippen LogP contribution in [0.25, 0.3) is 0 Å². The monoisotopic (exact) mass is 440 g/mol. The Morgan fingerprint density at radius 2 is 1.55 bits per heavy atom. The maximum Gasteiger partial charge on any atom is 0.338 e. The maximum absolute atomic E-state index is 12.2. The highest BCUT2D eigenvalue weighted by Crippen LogP contribution is 2.22. The first kappa shape index (κ1) is 22.0. The number of ether oxygens (including phenoxy) is 2. The molecule has 3 aromatic rings. The standard InChI is InChI=1S/C22H20N2O6S/c1-23-31(27,28)20-9-5-6-16(14-20)22(26)29-15-21(25)24-17-10-12-19(13-11-17)30-18-7-3-2-4-8-18/h2-14,23H,15H2,1H3,(H,24,25). The minimum absolute atomic E-state index is 0.0199. The zero-order valence-corrected chi connectivity index (χ0v) is 17.4. The second kappa shape index (κ2) is 9.88. The van der Waals surface area contributed by atoms with E-state index in [0.29, 0.717) is 17.2 Å². The molecule has 0 aliphatic rings. The van der Waals surface area contributed by atoms with E-state index in [2.05, 4.69) is 10.0 Å². The van der Waals surface area contributed by atoms with Gasteiger partial charge in [-0.2, -0.15) is 0 Å². The van der Waals surface area contributed by atoms with Crippen LogP contribution in [-0.4, -0.2) is 33.9 Å². The first-order chi connectivity index (χ1) is 14.9. The zero-order chi connectivity index (χ0) is 22.3. The molecule has 3 rings (SSSR count). The summed E-state index contributed by atoms with van der Waals surface area (Å²) in [5.74, 6) is -0.0520. The summed E-state index contributed by atoms with van der Waals surface area (Å²) in [5.41, 5.74) is 0.523. The van der Waals surface area contributed by atoms with Gasteiger partial charge in [0, 0.05) is 5.69 Å². The lowest BCUT2D eigenvalue weighted by atomic mass is 10.2. The summed E-state index contributed by atoms with van der Waals surface area (Å²) in [5, 5.41) is 2.61. The minimum Gasteiger partial charge on any atom is -0.457 e. The molecule has 0 radical (unpaired) electrons. The van der Waals surface area contributed by atoms with Gasteiger partial charge in [-0.1, -0.05) is 24.3 Å². The van der Waals surface area contributed by atoms with E-state index in [1.165, 1.54) is 31.3 Å². The van der Waals surface area contributed by atoms with Gasteiger partial charge in [0.15, 0.2) is 6.61 Å². The maximum atomic E-state index is 12.2. The Kier molecular flexibility index (Phi) is 7.01. The van der Waals surface area contributed by atoms with Gasteiger partial charge >= 0.3 is 5.97 Å². The highest BCUT2D eigenvalue weighted by molar-refractivity contribution is 7.89. The fraction of sp³-hybridized carbons (Fsp3) is 0.0909. The highest BCUT2D eigenvalue weighted by atomic mass is 32.2. The van der Waals surface area contributed by atoms with E-state index >= 15 is 0 Å². The Morgan fingerprint density at radius 3 is 2.23 bits per heavy atom. The first-order valence-electron chi connectivity index (χ1n) is 9.21. The Labute approximate surface area is 179 Å². The number of hydrogen-bond donors (Lipinski definition) is 2. The van der Waals surface area contributed by atoms with Gasteiger partial charge < -0.3 is 14.8 Å². The van der Waals surface area contributed by atoms with Crippen molar-refractivity contribution in [2.24, 2.45) is 0 Å².